The molecule has 5 nitrogen and oxygen atoms in total. The molecule has 144 valence electrons. The van der Waals surface area contributed by atoms with E-state index in [1.165, 1.54) is 23.7 Å². The van der Waals surface area contributed by atoms with Crippen LogP contribution < -0.4 is 4.90 Å². The van der Waals surface area contributed by atoms with Crippen molar-refractivity contribution in [1.29, 1.82) is 0 Å². The van der Waals surface area contributed by atoms with E-state index in [2.05, 4.69) is 14.3 Å². The summed E-state index contributed by atoms with van der Waals surface area (Å²) in [6.45, 7) is 2.50. The Hall–Kier alpha value is -2.51. The van der Waals surface area contributed by atoms with Gasteiger partial charge in [-0.05, 0) is 35.9 Å². The van der Waals surface area contributed by atoms with Crippen LogP contribution in [0.15, 0.2) is 48.5 Å². The molecular formula is C20H18ClFN4OS. The van der Waals surface area contributed by atoms with Crippen LogP contribution in [0.3, 0.4) is 0 Å². The monoisotopic (exact) mass is 416 g/mol. The van der Waals surface area contributed by atoms with Gasteiger partial charge in [0.05, 0.1) is 0 Å². The van der Waals surface area contributed by atoms with Crippen molar-refractivity contribution in [3.05, 3.63) is 76.3 Å². The molecule has 0 N–H and O–H groups in total. The number of halogens is 2. The summed E-state index contributed by atoms with van der Waals surface area (Å²) in [6, 6.07) is 13.5. The van der Waals surface area contributed by atoms with Gasteiger partial charge in [-0.15, -0.1) is 0 Å². The van der Waals surface area contributed by atoms with Crippen LogP contribution in [0.1, 0.15) is 21.7 Å². The van der Waals surface area contributed by atoms with Crippen molar-refractivity contribution in [2.45, 2.75) is 6.42 Å². The summed E-state index contributed by atoms with van der Waals surface area (Å²) in [6.07, 6.45) is 0.658. The van der Waals surface area contributed by atoms with Crippen LogP contribution in [-0.4, -0.2) is 46.3 Å². The minimum Gasteiger partial charge on any atom is -0.343 e. The highest BCUT2D eigenvalue weighted by atomic mass is 35.5. The molecule has 0 atom stereocenters. The van der Waals surface area contributed by atoms with Crippen LogP contribution >= 0.6 is 23.1 Å². The van der Waals surface area contributed by atoms with Crippen LogP contribution in [0.2, 0.25) is 5.02 Å². The van der Waals surface area contributed by atoms with Crippen LogP contribution in [0, 0.1) is 5.82 Å². The Morgan fingerprint density at radius 1 is 1.11 bits per heavy atom. The Morgan fingerprint density at radius 3 is 2.57 bits per heavy atom. The lowest BCUT2D eigenvalue weighted by molar-refractivity contribution is 0.0746. The topological polar surface area (TPSA) is 49.3 Å². The van der Waals surface area contributed by atoms with Crippen molar-refractivity contribution in [3.8, 4) is 0 Å². The van der Waals surface area contributed by atoms with E-state index in [0.29, 0.717) is 43.2 Å². The van der Waals surface area contributed by atoms with Gasteiger partial charge in [0, 0.05) is 54.7 Å². The maximum absolute atomic E-state index is 13.4. The number of amides is 1. The van der Waals surface area contributed by atoms with Crippen LogP contribution in [0.25, 0.3) is 0 Å². The Morgan fingerprint density at radius 2 is 1.86 bits per heavy atom. The minimum absolute atomic E-state index is 0.139. The Kier molecular flexibility index (Phi) is 5.54. The maximum Gasteiger partial charge on any atom is 0.254 e. The van der Waals surface area contributed by atoms with Crippen molar-refractivity contribution < 1.29 is 9.18 Å². The van der Waals surface area contributed by atoms with Crippen molar-refractivity contribution >= 4 is 34.2 Å². The average Bonchev–Trinajstić information content (AvgIpc) is 3.18. The standard InChI is InChI=1S/C20H18ClFN4OS/c21-16-6-4-14(5-7-16)12-18-23-20(28-24-18)26-10-8-25(9-11-26)19(27)15-2-1-3-17(22)13-15/h1-7,13H,8-12H2. The molecule has 4 rings (SSSR count). The van der Waals surface area contributed by atoms with Crippen LogP contribution in [0.4, 0.5) is 9.52 Å². The van der Waals surface area contributed by atoms with Gasteiger partial charge in [-0.2, -0.15) is 4.37 Å². The molecule has 8 heteroatoms. The molecule has 1 fully saturated rings. The molecular weight excluding hydrogens is 399 g/mol. The Labute approximate surface area is 171 Å². The predicted octanol–water partition coefficient (Wildman–Crippen LogP) is 3.88. The van der Waals surface area contributed by atoms with E-state index >= 15 is 0 Å². The van der Waals surface area contributed by atoms with Gasteiger partial charge in [0.25, 0.3) is 5.91 Å². The molecule has 2 aromatic carbocycles. The first-order chi connectivity index (χ1) is 13.6. The molecule has 0 unspecified atom stereocenters. The zero-order chi connectivity index (χ0) is 19.5. The molecule has 2 heterocycles. The molecule has 1 aliphatic heterocycles. The molecule has 0 radical (unpaired) electrons. The minimum atomic E-state index is -0.397. The largest absolute Gasteiger partial charge is 0.343 e. The maximum atomic E-state index is 13.4. The number of carbonyl (C=O) groups is 1. The van der Waals surface area contributed by atoms with E-state index in [4.69, 9.17) is 11.6 Å². The van der Waals surface area contributed by atoms with Crippen LogP contribution in [-0.2, 0) is 6.42 Å². The molecule has 0 bridgehead atoms. The quantitative estimate of drug-likeness (QED) is 0.647. The Balaban J connectivity index is 1.35. The first kappa shape index (κ1) is 18.8. The van der Waals surface area contributed by atoms with Gasteiger partial charge in [0.1, 0.15) is 11.6 Å². The molecule has 1 saturated heterocycles. The fraction of sp³-hybridized carbons (Fsp3) is 0.250. The van der Waals surface area contributed by atoms with Gasteiger partial charge < -0.3 is 9.80 Å². The number of piperazine rings is 1. The van der Waals surface area contributed by atoms with E-state index in [1.807, 2.05) is 24.3 Å². The zero-order valence-electron chi connectivity index (χ0n) is 15.0. The highest BCUT2D eigenvalue weighted by Gasteiger charge is 2.24. The fourth-order valence-electron chi connectivity index (χ4n) is 3.13. The molecule has 0 spiro atoms. The third kappa shape index (κ3) is 4.31. The summed E-state index contributed by atoms with van der Waals surface area (Å²) in [5, 5.41) is 1.57. The lowest BCUT2D eigenvalue weighted by Gasteiger charge is -2.34. The number of hydrogen-bond donors (Lipinski definition) is 0. The third-order valence-electron chi connectivity index (χ3n) is 4.64. The van der Waals surface area contributed by atoms with Gasteiger partial charge in [0.2, 0.25) is 5.13 Å². The molecule has 0 saturated carbocycles. The van der Waals surface area contributed by atoms with Crippen molar-refractivity contribution in [2.75, 3.05) is 31.1 Å². The third-order valence-corrected chi connectivity index (χ3v) is 5.71. The number of hydrogen-bond acceptors (Lipinski definition) is 5. The number of anilines is 1. The number of aromatic nitrogens is 2. The highest BCUT2D eigenvalue weighted by Crippen LogP contribution is 2.21. The van der Waals surface area contributed by atoms with Crippen molar-refractivity contribution in [3.63, 3.8) is 0 Å². The Bertz CT molecular complexity index is 970. The first-order valence-electron chi connectivity index (χ1n) is 8.95. The van der Waals surface area contributed by atoms with E-state index in [-0.39, 0.29) is 5.91 Å². The summed E-state index contributed by atoms with van der Waals surface area (Å²) in [7, 11) is 0. The normalized spacial score (nSPS) is 14.4. The highest BCUT2D eigenvalue weighted by molar-refractivity contribution is 7.09. The lowest BCUT2D eigenvalue weighted by Crippen LogP contribution is -2.48. The molecule has 3 aromatic rings. The summed E-state index contributed by atoms with van der Waals surface area (Å²) in [5.41, 5.74) is 1.49. The smallest absolute Gasteiger partial charge is 0.254 e. The summed E-state index contributed by atoms with van der Waals surface area (Å²) < 4.78 is 17.8. The molecule has 28 heavy (non-hydrogen) atoms. The second-order valence-electron chi connectivity index (χ2n) is 6.59. The summed E-state index contributed by atoms with van der Waals surface area (Å²) in [5.74, 6) is 0.243. The van der Waals surface area contributed by atoms with Gasteiger partial charge >= 0.3 is 0 Å². The lowest BCUT2D eigenvalue weighted by atomic mass is 10.1. The molecule has 1 aromatic heterocycles. The SMILES string of the molecule is O=C(c1cccc(F)c1)N1CCN(c2nc(Cc3ccc(Cl)cc3)ns2)CC1. The van der Waals surface area contributed by atoms with Gasteiger partial charge in [0.15, 0.2) is 0 Å². The van der Waals surface area contributed by atoms with Crippen molar-refractivity contribution in [2.24, 2.45) is 0 Å². The van der Waals surface area contributed by atoms with Crippen LogP contribution in [0.5, 0.6) is 0 Å². The van der Waals surface area contributed by atoms with Gasteiger partial charge in [-0.3, -0.25) is 4.79 Å². The fourth-order valence-corrected chi connectivity index (χ4v) is 4.00. The first-order valence-corrected chi connectivity index (χ1v) is 10.1. The second kappa shape index (κ2) is 8.24. The predicted molar refractivity (Wildman–Crippen MR) is 109 cm³/mol. The van der Waals surface area contributed by atoms with E-state index < -0.39 is 5.82 Å². The number of nitrogens with zero attached hydrogens (tertiary/aromatic N) is 4. The average molecular weight is 417 g/mol. The second-order valence-corrected chi connectivity index (χ2v) is 7.75. The van der Waals surface area contributed by atoms with Gasteiger partial charge in [-0.25, -0.2) is 9.37 Å². The van der Waals surface area contributed by atoms with E-state index in [0.717, 1.165) is 16.5 Å². The van der Waals surface area contributed by atoms with E-state index in [9.17, 15) is 9.18 Å². The number of carbonyl (C=O) groups excluding carboxylic acids is 1. The summed E-state index contributed by atoms with van der Waals surface area (Å²) in [4.78, 5) is 21.1. The molecule has 1 aliphatic rings. The zero-order valence-corrected chi connectivity index (χ0v) is 16.6. The van der Waals surface area contributed by atoms with Crippen molar-refractivity contribution in [1.82, 2.24) is 14.3 Å². The summed E-state index contributed by atoms with van der Waals surface area (Å²) >= 11 is 7.29. The van der Waals surface area contributed by atoms with Gasteiger partial charge in [-0.1, -0.05) is 29.8 Å². The molecule has 0 aliphatic carbocycles. The number of benzene rings is 2. The van der Waals surface area contributed by atoms with E-state index in [1.54, 1.807) is 17.0 Å². The molecule has 1 amide bonds. The number of rotatable bonds is 4.